The van der Waals surface area contributed by atoms with E-state index in [0.717, 1.165) is 0 Å². The molecule has 1 radical (unpaired) electrons. The standard InChI is InChI=1S/C10H12NO2/c1-2-7-11-9-6-4-3-5-8(9)10(12)13/h2-6,11H,7H2,1H3,(H,12,13). The lowest BCUT2D eigenvalue weighted by Gasteiger charge is -2.07. The van der Waals surface area contributed by atoms with Crippen LogP contribution in [-0.4, -0.2) is 17.6 Å². The van der Waals surface area contributed by atoms with E-state index < -0.39 is 5.97 Å². The van der Waals surface area contributed by atoms with Crippen LogP contribution in [0.2, 0.25) is 0 Å². The number of carbonyl (C=O) groups is 1. The highest BCUT2D eigenvalue weighted by molar-refractivity contribution is 5.94. The summed E-state index contributed by atoms with van der Waals surface area (Å²) >= 11 is 0. The Morgan fingerprint density at radius 2 is 2.23 bits per heavy atom. The number of nitrogens with one attached hydrogen (secondary N) is 1. The minimum Gasteiger partial charge on any atom is -0.478 e. The van der Waals surface area contributed by atoms with Gasteiger partial charge in [0.25, 0.3) is 0 Å². The van der Waals surface area contributed by atoms with Gasteiger partial charge in [-0.1, -0.05) is 19.1 Å². The topological polar surface area (TPSA) is 49.3 Å². The molecule has 0 spiro atoms. The normalized spacial score (nSPS) is 9.62. The van der Waals surface area contributed by atoms with Crippen molar-refractivity contribution in [1.29, 1.82) is 0 Å². The van der Waals surface area contributed by atoms with Gasteiger partial charge in [-0.2, -0.15) is 0 Å². The van der Waals surface area contributed by atoms with Crippen molar-refractivity contribution in [1.82, 2.24) is 0 Å². The number of hydrogen-bond acceptors (Lipinski definition) is 2. The Kier molecular flexibility index (Phi) is 3.31. The molecule has 0 saturated carbocycles. The highest BCUT2D eigenvalue weighted by Crippen LogP contribution is 2.14. The Hall–Kier alpha value is -1.51. The number of anilines is 1. The van der Waals surface area contributed by atoms with E-state index in [4.69, 9.17) is 5.11 Å². The van der Waals surface area contributed by atoms with Crippen molar-refractivity contribution in [3.63, 3.8) is 0 Å². The van der Waals surface area contributed by atoms with Crippen LogP contribution in [0.3, 0.4) is 0 Å². The molecule has 0 aliphatic heterocycles. The van der Waals surface area contributed by atoms with E-state index in [9.17, 15) is 4.79 Å². The Labute approximate surface area is 77.4 Å². The monoisotopic (exact) mass is 178 g/mol. The fourth-order valence-electron chi connectivity index (χ4n) is 1.04. The van der Waals surface area contributed by atoms with E-state index in [1.807, 2.05) is 19.4 Å². The molecule has 0 bridgehead atoms. The molecule has 1 aromatic carbocycles. The second kappa shape index (κ2) is 4.50. The molecule has 13 heavy (non-hydrogen) atoms. The van der Waals surface area contributed by atoms with E-state index in [-0.39, 0.29) is 0 Å². The maximum Gasteiger partial charge on any atom is 0.337 e. The molecule has 1 rings (SSSR count). The third-order valence-corrected chi connectivity index (χ3v) is 1.65. The third-order valence-electron chi connectivity index (χ3n) is 1.65. The maximum absolute atomic E-state index is 10.7. The summed E-state index contributed by atoms with van der Waals surface area (Å²) in [5.41, 5.74) is 0.970. The van der Waals surface area contributed by atoms with Crippen LogP contribution in [0.15, 0.2) is 24.3 Å². The van der Waals surface area contributed by atoms with Crippen molar-refractivity contribution in [3.05, 3.63) is 36.2 Å². The summed E-state index contributed by atoms with van der Waals surface area (Å²) < 4.78 is 0. The van der Waals surface area contributed by atoms with Crippen LogP contribution in [0.4, 0.5) is 5.69 Å². The second-order valence-electron chi connectivity index (χ2n) is 2.64. The van der Waals surface area contributed by atoms with Gasteiger partial charge in [-0.15, -0.1) is 0 Å². The van der Waals surface area contributed by atoms with Crippen molar-refractivity contribution in [2.45, 2.75) is 6.92 Å². The minimum atomic E-state index is -0.904. The maximum atomic E-state index is 10.7. The van der Waals surface area contributed by atoms with E-state index in [0.29, 0.717) is 17.8 Å². The molecule has 0 aromatic heterocycles. The number of carboxylic acids is 1. The quantitative estimate of drug-likeness (QED) is 0.741. The molecule has 3 heteroatoms. The number of para-hydroxylation sites is 1. The molecule has 69 valence electrons. The van der Waals surface area contributed by atoms with Gasteiger partial charge in [0.1, 0.15) is 0 Å². The Bertz CT molecular complexity index is 297. The number of aromatic carboxylic acids is 1. The van der Waals surface area contributed by atoms with Gasteiger partial charge in [0.2, 0.25) is 0 Å². The summed E-state index contributed by atoms with van der Waals surface area (Å²) in [6.07, 6.45) is 1.93. The highest BCUT2D eigenvalue weighted by atomic mass is 16.4. The first kappa shape index (κ1) is 9.58. The molecule has 3 nitrogen and oxygen atoms in total. The molecule has 0 heterocycles. The van der Waals surface area contributed by atoms with Gasteiger partial charge in [-0.25, -0.2) is 4.79 Å². The van der Waals surface area contributed by atoms with E-state index in [1.165, 1.54) is 0 Å². The lowest BCUT2D eigenvalue weighted by Crippen LogP contribution is -2.06. The number of benzene rings is 1. The van der Waals surface area contributed by atoms with Gasteiger partial charge in [0.05, 0.1) is 5.56 Å². The zero-order valence-electron chi connectivity index (χ0n) is 7.45. The Balaban J connectivity index is 2.84. The molecular weight excluding hydrogens is 166 g/mol. The molecular formula is C10H12NO2. The van der Waals surface area contributed by atoms with Crippen molar-refractivity contribution in [3.8, 4) is 0 Å². The highest BCUT2D eigenvalue weighted by Gasteiger charge is 2.07. The molecule has 0 aliphatic carbocycles. The summed E-state index contributed by atoms with van der Waals surface area (Å²) in [5.74, 6) is -0.904. The average Bonchev–Trinajstić information content (AvgIpc) is 2.15. The van der Waals surface area contributed by atoms with Crippen molar-refractivity contribution in [2.75, 3.05) is 11.9 Å². The van der Waals surface area contributed by atoms with Crippen LogP contribution in [0.5, 0.6) is 0 Å². The molecule has 0 amide bonds. The zero-order valence-corrected chi connectivity index (χ0v) is 7.45. The van der Waals surface area contributed by atoms with Gasteiger partial charge in [0, 0.05) is 12.2 Å². The summed E-state index contributed by atoms with van der Waals surface area (Å²) in [6, 6.07) is 6.86. The van der Waals surface area contributed by atoms with Crippen LogP contribution in [0.1, 0.15) is 17.3 Å². The molecule has 1 aromatic rings. The number of carboxylic acid groups (broad SMARTS) is 1. The molecule has 0 saturated heterocycles. The van der Waals surface area contributed by atoms with Gasteiger partial charge < -0.3 is 10.4 Å². The van der Waals surface area contributed by atoms with Crippen LogP contribution >= 0.6 is 0 Å². The largest absolute Gasteiger partial charge is 0.478 e. The number of rotatable bonds is 4. The average molecular weight is 178 g/mol. The summed E-state index contributed by atoms with van der Waals surface area (Å²) in [6.45, 7) is 2.58. The molecule has 0 fully saturated rings. The Morgan fingerprint density at radius 1 is 1.54 bits per heavy atom. The summed E-state index contributed by atoms with van der Waals surface area (Å²) in [4.78, 5) is 10.7. The predicted octanol–water partition coefficient (Wildman–Crippen LogP) is 2.02. The van der Waals surface area contributed by atoms with Gasteiger partial charge in [-0.3, -0.25) is 0 Å². The molecule has 0 atom stereocenters. The first-order valence-corrected chi connectivity index (χ1v) is 4.09. The Morgan fingerprint density at radius 3 is 2.85 bits per heavy atom. The van der Waals surface area contributed by atoms with E-state index in [2.05, 4.69) is 5.32 Å². The van der Waals surface area contributed by atoms with Crippen molar-refractivity contribution in [2.24, 2.45) is 0 Å². The smallest absolute Gasteiger partial charge is 0.337 e. The summed E-state index contributed by atoms with van der Waals surface area (Å²) in [7, 11) is 0. The first-order valence-electron chi connectivity index (χ1n) is 4.09. The van der Waals surface area contributed by atoms with Crippen LogP contribution < -0.4 is 5.32 Å². The van der Waals surface area contributed by atoms with Crippen LogP contribution in [-0.2, 0) is 0 Å². The SMILES string of the molecule is C[CH]CNc1ccccc1C(=O)O. The van der Waals surface area contributed by atoms with Crippen molar-refractivity contribution < 1.29 is 9.90 Å². The zero-order chi connectivity index (χ0) is 9.68. The molecule has 0 unspecified atom stereocenters. The van der Waals surface area contributed by atoms with Gasteiger partial charge >= 0.3 is 5.97 Å². The van der Waals surface area contributed by atoms with Crippen molar-refractivity contribution >= 4 is 11.7 Å². The number of hydrogen-bond donors (Lipinski definition) is 2. The minimum absolute atomic E-state index is 0.310. The lowest BCUT2D eigenvalue weighted by molar-refractivity contribution is 0.0698. The first-order chi connectivity index (χ1) is 6.25. The van der Waals surface area contributed by atoms with Gasteiger partial charge in [0.15, 0.2) is 0 Å². The van der Waals surface area contributed by atoms with E-state index >= 15 is 0 Å². The molecule has 0 aliphatic rings. The fraction of sp³-hybridized carbons (Fsp3) is 0.200. The van der Waals surface area contributed by atoms with Crippen LogP contribution in [0, 0.1) is 6.42 Å². The molecule has 2 N–H and O–H groups in total. The predicted molar refractivity (Wildman–Crippen MR) is 51.9 cm³/mol. The summed E-state index contributed by atoms with van der Waals surface area (Å²) in [5, 5.41) is 11.8. The fourth-order valence-corrected chi connectivity index (χ4v) is 1.04. The van der Waals surface area contributed by atoms with Crippen LogP contribution in [0.25, 0.3) is 0 Å². The van der Waals surface area contributed by atoms with E-state index in [1.54, 1.807) is 18.2 Å². The van der Waals surface area contributed by atoms with Gasteiger partial charge in [-0.05, 0) is 18.6 Å². The third kappa shape index (κ3) is 2.47. The second-order valence-corrected chi connectivity index (χ2v) is 2.64. The lowest BCUT2D eigenvalue weighted by atomic mass is 10.2.